The molecule has 1 fully saturated rings. The molecule has 1 saturated heterocycles. The minimum atomic E-state index is 0.506. The van der Waals surface area contributed by atoms with Crippen molar-refractivity contribution >= 4 is 29.2 Å². The summed E-state index contributed by atoms with van der Waals surface area (Å²) in [6, 6.07) is 5.31. The topological polar surface area (TPSA) is 67.6 Å². The van der Waals surface area contributed by atoms with Gasteiger partial charge in [0.05, 0.1) is 6.61 Å². The highest BCUT2D eigenvalue weighted by Crippen LogP contribution is 2.26. The number of hydrogen-bond donors (Lipinski definition) is 1. The minimum Gasteiger partial charge on any atom is -0.493 e. The molecule has 2 aromatic rings. The van der Waals surface area contributed by atoms with Crippen molar-refractivity contribution in [2.75, 3.05) is 33.3 Å². The molecule has 0 radical (unpaired) electrons. The normalized spacial score (nSPS) is 15.6. The molecule has 1 aliphatic rings. The number of nitrogens with one attached hydrogen (secondary N) is 1. The van der Waals surface area contributed by atoms with Crippen molar-refractivity contribution in [3.05, 3.63) is 40.4 Å². The first-order valence-corrected chi connectivity index (χ1v) is 10.8. The number of rotatable bonds is 7. The number of aliphatic imine (C=N–C) groups is 1. The van der Waals surface area contributed by atoms with Gasteiger partial charge in [-0.3, -0.25) is 4.99 Å². The molecular weight excluding hydrogens is 411 g/mol. The van der Waals surface area contributed by atoms with Crippen LogP contribution in [-0.2, 0) is 13.0 Å². The van der Waals surface area contributed by atoms with E-state index in [2.05, 4.69) is 36.9 Å². The smallest absolute Gasteiger partial charge is 0.193 e. The fourth-order valence-corrected chi connectivity index (χ4v) is 4.00. The highest BCUT2D eigenvalue weighted by atomic mass is 35.5. The molecule has 0 amide bonds. The zero-order valence-corrected chi connectivity index (χ0v) is 18.5. The molecule has 7 nitrogen and oxygen atoms in total. The summed E-state index contributed by atoms with van der Waals surface area (Å²) in [5.41, 5.74) is 0. The van der Waals surface area contributed by atoms with E-state index in [0.29, 0.717) is 22.6 Å². The number of benzene rings is 1. The highest BCUT2D eigenvalue weighted by Gasteiger charge is 2.22. The Morgan fingerprint density at radius 3 is 2.62 bits per heavy atom. The fraction of sp³-hybridized carbons (Fsp3) is 0.550. The second kappa shape index (κ2) is 10.7. The van der Waals surface area contributed by atoms with Crippen molar-refractivity contribution in [1.29, 1.82) is 0 Å². The van der Waals surface area contributed by atoms with Gasteiger partial charge >= 0.3 is 0 Å². The van der Waals surface area contributed by atoms with Crippen LogP contribution in [0.5, 0.6) is 5.75 Å². The molecule has 0 saturated carbocycles. The van der Waals surface area contributed by atoms with Crippen molar-refractivity contribution < 1.29 is 4.74 Å². The molecule has 0 bridgehead atoms. The van der Waals surface area contributed by atoms with Gasteiger partial charge in [0.15, 0.2) is 5.96 Å². The predicted octanol–water partition coefficient (Wildman–Crippen LogP) is 3.51. The number of hydrogen-bond acceptors (Lipinski definition) is 4. The van der Waals surface area contributed by atoms with E-state index >= 15 is 0 Å². The van der Waals surface area contributed by atoms with E-state index in [1.807, 2.05) is 7.05 Å². The summed E-state index contributed by atoms with van der Waals surface area (Å²) < 4.78 is 7.98. The summed E-state index contributed by atoms with van der Waals surface area (Å²) in [5, 5.41) is 12.7. The van der Waals surface area contributed by atoms with Crippen LogP contribution in [0.3, 0.4) is 0 Å². The molecule has 0 spiro atoms. The zero-order valence-electron chi connectivity index (χ0n) is 16.9. The van der Waals surface area contributed by atoms with Gasteiger partial charge in [-0.25, -0.2) is 0 Å². The maximum Gasteiger partial charge on any atom is 0.193 e. The van der Waals surface area contributed by atoms with E-state index in [1.54, 1.807) is 24.5 Å². The first-order chi connectivity index (χ1) is 14.1. The van der Waals surface area contributed by atoms with E-state index in [1.165, 1.54) is 0 Å². The van der Waals surface area contributed by atoms with Crippen LogP contribution in [0.1, 0.15) is 25.6 Å². The van der Waals surface area contributed by atoms with Crippen LogP contribution < -0.4 is 10.1 Å². The zero-order chi connectivity index (χ0) is 20.6. The maximum atomic E-state index is 6.03. The number of aryl methyl sites for hydroxylation is 1. The summed E-state index contributed by atoms with van der Waals surface area (Å²) in [4.78, 5) is 6.75. The average molecular weight is 439 g/mol. The van der Waals surface area contributed by atoms with Crippen LogP contribution in [0.15, 0.2) is 29.5 Å². The van der Waals surface area contributed by atoms with Crippen molar-refractivity contribution in [2.45, 2.75) is 32.7 Å². The summed E-state index contributed by atoms with van der Waals surface area (Å²) in [6.07, 6.45) is 4.77. The first-order valence-electron chi connectivity index (χ1n) is 10.00. The fourth-order valence-electron chi connectivity index (χ4n) is 3.50. The van der Waals surface area contributed by atoms with Crippen molar-refractivity contribution in [2.24, 2.45) is 10.9 Å². The SMILES string of the molecule is CCc1nncn1CCNC(=NC)N1CCC(COc2cc(Cl)cc(Cl)c2)CC1. The molecule has 0 atom stereocenters. The number of piperidine rings is 1. The van der Waals surface area contributed by atoms with Gasteiger partial charge in [0.1, 0.15) is 17.9 Å². The van der Waals surface area contributed by atoms with Crippen LogP contribution in [0.4, 0.5) is 0 Å². The first kappa shape index (κ1) is 21.7. The molecule has 1 N–H and O–H groups in total. The molecule has 1 aromatic heterocycles. The average Bonchev–Trinajstić information content (AvgIpc) is 3.17. The number of nitrogens with zero attached hydrogens (tertiary/aromatic N) is 5. The lowest BCUT2D eigenvalue weighted by Gasteiger charge is -2.34. The molecule has 29 heavy (non-hydrogen) atoms. The predicted molar refractivity (Wildman–Crippen MR) is 117 cm³/mol. The Morgan fingerprint density at radius 2 is 1.97 bits per heavy atom. The number of likely N-dealkylation sites (tertiary alicyclic amines) is 1. The quantitative estimate of drug-likeness (QED) is 0.528. The summed E-state index contributed by atoms with van der Waals surface area (Å²) in [7, 11) is 1.83. The van der Waals surface area contributed by atoms with Gasteiger partial charge in [-0.2, -0.15) is 0 Å². The molecule has 1 aliphatic heterocycles. The molecular formula is C20H28Cl2N6O. The van der Waals surface area contributed by atoms with Gasteiger partial charge in [0.2, 0.25) is 0 Å². The van der Waals surface area contributed by atoms with Gasteiger partial charge in [-0.1, -0.05) is 30.1 Å². The highest BCUT2D eigenvalue weighted by molar-refractivity contribution is 6.34. The largest absolute Gasteiger partial charge is 0.493 e. The second-order valence-electron chi connectivity index (χ2n) is 7.11. The standard InChI is InChI=1S/C20H28Cl2N6O/c1-3-19-26-25-14-28(19)9-6-24-20(23-2)27-7-4-15(5-8-27)13-29-18-11-16(21)10-17(22)12-18/h10-12,14-15H,3-9,13H2,1-2H3,(H,23,24). The van der Waals surface area contributed by atoms with Crippen LogP contribution >= 0.6 is 23.2 Å². The number of aromatic nitrogens is 3. The van der Waals surface area contributed by atoms with E-state index in [0.717, 1.165) is 63.0 Å². The lowest BCUT2D eigenvalue weighted by Crippen LogP contribution is -2.46. The molecule has 9 heteroatoms. The third-order valence-corrected chi connectivity index (χ3v) is 5.53. The van der Waals surface area contributed by atoms with E-state index in [4.69, 9.17) is 27.9 Å². The Kier molecular flexibility index (Phi) is 8.00. The molecule has 0 unspecified atom stereocenters. The lowest BCUT2D eigenvalue weighted by molar-refractivity contribution is 0.179. The van der Waals surface area contributed by atoms with Crippen LogP contribution in [-0.4, -0.2) is 58.9 Å². The Hall–Kier alpha value is -1.99. The van der Waals surface area contributed by atoms with Gasteiger partial charge in [-0.15, -0.1) is 10.2 Å². The molecule has 158 valence electrons. The Labute approximate surface area is 182 Å². The number of ether oxygens (including phenoxy) is 1. The summed E-state index contributed by atoms with van der Waals surface area (Å²) in [5.74, 6) is 3.18. The van der Waals surface area contributed by atoms with Gasteiger partial charge in [0, 0.05) is 49.7 Å². The Morgan fingerprint density at radius 1 is 1.24 bits per heavy atom. The van der Waals surface area contributed by atoms with E-state index in [9.17, 15) is 0 Å². The lowest BCUT2D eigenvalue weighted by atomic mass is 9.98. The Bertz CT molecular complexity index is 797. The van der Waals surface area contributed by atoms with Crippen molar-refractivity contribution in [3.63, 3.8) is 0 Å². The third-order valence-electron chi connectivity index (χ3n) is 5.10. The van der Waals surface area contributed by atoms with Gasteiger partial charge in [0.25, 0.3) is 0 Å². The van der Waals surface area contributed by atoms with Crippen molar-refractivity contribution in [3.8, 4) is 5.75 Å². The number of guanidine groups is 1. The van der Waals surface area contributed by atoms with Crippen LogP contribution in [0, 0.1) is 5.92 Å². The van der Waals surface area contributed by atoms with Gasteiger partial charge < -0.3 is 19.5 Å². The molecule has 2 heterocycles. The van der Waals surface area contributed by atoms with Crippen LogP contribution in [0.2, 0.25) is 10.0 Å². The minimum absolute atomic E-state index is 0.506. The van der Waals surface area contributed by atoms with E-state index < -0.39 is 0 Å². The van der Waals surface area contributed by atoms with Crippen LogP contribution in [0.25, 0.3) is 0 Å². The monoisotopic (exact) mass is 438 g/mol. The number of halogens is 2. The molecule has 3 rings (SSSR count). The molecule has 1 aromatic carbocycles. The van der Waals surface area contributed by atoms with Gasteiger partial charge in [-0.05, 0) is 37.0 Å². The third kappa shape index (κ3) is 6.24. The maximum absolute atomic E-state index is 6.03. The van der Waals surface area contributed by atoms with E-state index in [-0.39, 0.29) is 0 Å². The molecule has 0 aliphatic carbocycles. The van der Waals surface area contributed by atoms with Crippen molar-refractivity contribution in [1.82, 2.24) is 25.0 Å². The Balaban J connectivity index is 1.41. The second-order valence-corrected chi connectivity index (χ2v) is 7.99. The summed E-state index contributed by atoms with van der Waals surface area (Å²) >= 11 is 12.1. The summed E-state index contributed by atoms with van der Waals surface area (Å²) in [6.45, 7) is 6.28.